The molecule has 0 saturated carbocycles. The number of nitrogens with zero attached hydrogens (tertiary/aromatic N) is 4. The fourth-order valence-corrected chi connectivity index (χ4v) is 1.53. The highest BCUT2D eigenvalue weighted by Crippen LogP contribution is 2.20. The Labute approximate surface area is 108 Å². The second-order valence-electron chi connectivity index (χ2n) is 3.75. The zero-order valence-electron chi connectivity index (χ0n) is 9.98. The van der Waals surface area contributed by atoms with Crippen LogP contribution in [-0.2, 0) is 6.42 Å². The first-order chi connectivity index (χ1) is 9.16. The Bertz CT molecular complexity index is 575. The number of anilines is 2. The highest BCUT2D eigenvalue weighted by Gasteiger charge is 2.15. The number of hydrogen-bond donors (Lipinski definition) is 2. The summed E-state index contributed by atoms with van der Waals surface area (Å²) in [6, 6.07) is 3.76. The fraction of sp³-hybridized carbons (Fsp3) is 0.182. The summed E-state index contributed by atoms with van der Waals surface area (Å²) >= 11 is 0. The van der Waals surface area contributed by atoms with E-state index in [2.05, 4.69) is 20.3 Å². The van der Waals surface area contributed by atoms with Crippen LogP contribution in [0, 0.1) is 10.1 Å². The van der Waals surface area contributed by atoms with Gasteiger partial charge in [0.2, 0.25) is 11.8 Å². The van der Waals surface area contributed by atoms with E-state index in [4.69, 9.17) is 5.73 Å². The number of hydrogen-bond acceptors (Lipinski definition) is 7. The first-order valence-electron chi connectivity index (χ1n) is 5.56. The lowest BCUT2D eigenvalue weighted by Gasteiger charge is -2.06. The Morgan fingerprint density at radius 1 is 1.37 bits per heavy atom. The van der Waals surface area contributed by atoms with Crippen molar-refractivity contribution in [3.8, 4) is 0 Å². The summed E-state index contributed by atoms with van der Waals surface area (Å²) in [6.45, 7) is 0.501. The van der Waals surface area contributed by atoms with E-state index in [0.717, 1.165) is 11.8 Å². The Morgan fingerprint density at radius 2 is 2.11 bits per heavy atom. The second kappa shape index (κ2) is 5.71. The minimum atomic E-state index is -0.547. The van der Waals surface area contributed by atoms with Crippen LogP contribution in [0.3, 0.4) is 0 Å². The Morgan fingerprint density at radius 3 is 2.79 bits per heavy atom. The second-order valence-corrected chi connectivity index (χ2v) is 3.75. The maximum Gasteiger partial charge on any atom is 0.329 e. The molecule has 0 saturated heterocycles. The molecule has 8 heteroatoms. The first kappa shape index (κ1) is 12.7. The maximum atomic E-state index is 10.8. The molecule has 19 heavy (non-hydrogen) atoms. The molecule has 0 aliphatic heterocycles. The molecule has 0 bridgehead atoms. The smallest absolute Gasteiger partial charge is 0.329 e. The van der Waals surface area contributed by atoms with Crippen LogP contribution in [0.4, 0.5) is 17.5 Å². The highest BCUT2D eigenvalue weighted by molar-refractivity contribution is 5.56. The zero-order chi connectivity index (χ0) is 13.7. The molecule has 2 aromatic heterocycles. The van der Waals surface area contributed by atoms with Crippen LogP contribution in [0.2, 0.25) is 0 Å². The van der Waals surface area contributed by atoms with Crippen LogP contribution >= 0.6 is 0 Å². The largest absolute Gasteiger partial charge is 0.368 e. The van der Waals surface area contributed by atoms with E-state index >= 15 is 0 Å². The predicted octanol–water partition coefficient (Wildman–Crippen LogP) is 1.02. The lowest BCUT2D eigenvalue weighted by Crippen LogP contribution is -2.10. The van der Waals surface area contributed by atoms with Gasteiger partial charge in [0.25, 0.3) is 0 Å². The third kappa shape index (κ3) is 3.35. The molecule has 8 nitrogen and oxygen atoms in total. The van der Waals surface area contributed by atoms with Gasteiger partial charge < -0.3 is 11.1 Å². The average Bonchev–Trinajstić information content (AvgIpc) is 2.39. The van der Waals surface area contributed by atoms with Crippen LogP contribution in [0.5, 0.6) is 0 Å². The molecule has 2 heterocycles. The van der Waals surface area contributed by atoms with E-state index in [1.807, 2.05) is 12.1 Å². The van der Waals surface area contributed by atoms with Crippen molar-refractivity contribution in [1.29, 1.82) is 0 Å². The summed E-state index contributed by atoms with van der Waals surface area (Å²) in [6.07, 6.45) is 5.18. The van der Waals surface area contributed by atoms with E-state index in [1.165, 1.54) is 0 Å². The van der Waals surface area contributed by atoms with Crippen LogP contribution in [0.25, 0.3) is 0 Å². The topological polar surface area (TPSA) is 120 Å². The van der Waals surface area contributed by atoms with E-state index in [0.29, 0.717) is 13.0 Å². The molecule has 0 fully saturated rings. The molecule has 2 aromatic rings. The highest BCUT2D eigenvalue weighted by atomic mass is 16.6. The van der Waals surface area contributed by atoms with Crippen LogP contribution in [-0.4, -0.2) is 26.4 Å². The third-order valence-electron chi connectivity index (χ3n) is 2.44. The van der Waals surface area contributed by atoms with Gasteiger partial charge >= 0.3 is 5.69 Å². The van der Waals surface area contributed by atoms with Crippen molar-refractivity contribution in [2.75, 3.05) is 17.6 Å². The lowest BCUT2D eigenvalue weighted by atomic mass is 10.2. The van der Waals surface area contributed by atoms with Crippen molar-refractivity contribution < 1.29 is 4.92 Å². The van der Waals surface area contributed by atoms with Gasteiger partial charge in [-0.1, -0.05) is 0 Å². The number of aromatic nitrogens is 3. The van der Waals surface area contributed by atoms with Crippen molar-refractivity contribution in [3.05, 3.63) is 46.4 Å². The summed E-state index contributed by atoms with van der Waals surface area (Å²) in [5, 5.41) is 13.7. The van der Waals surface area contributed by atoms with Crippen LogP contribution < -0.4 is 11.1 Å². The number of nitrogen functional groups attached to an aromatic ring is 1. The van der Waals surface area contributed by atoms with Gasteiger partial charge in [0.15, 0.2) is 0 Å². The summed E-state index contributed by atoms with van der Waals surface area (Å²) in [5.74, 6) is 0.128. The van der Waals surface area contributed by atoms with Gasteiger partial charge in [-0.2, -0.15) is 4.98 Å². The Kier molecular flexibility index (Phi) is 3.81. The van der Waals surface area contributed by atoms with Gasteiger partial charge in [0.05, 0.1) is 4.92 Å². The van der Waals surface area contributed by atoms with Crippen LogP contribution in [0.15, 0.2) is 30.7 Å². The Balaban J connectivity index is 2.03. The van der Waals surface area contributed by atoms with Gasteiger partial charge in [-0.3, -0.25) is 15.1 Å². The lowest BCUT2D eigenvalue weighted by molar-refractivity contribution is -0.384. The van der Waals surface area contributed by atoms with E-state index in [-0.39, 0.29) is 17.5 Å². The van der Waals surface area contributed by atoms with Crippen molar-refractivity contribution >= 4 is 17.5 Å². The van der Waals surface area contributed by atoms with Gasteiger partial charge in [0.1, 0.15) is 6.20 Å². The molecule has 0 aliphatic rings. The maximum absolute atomic E-state index is 10.8. The van der Waals surface area contributed by atoms with Crippen molar-refractivity contribution in [3.63, 3.8) is 0 Å². The molecule has 0 atom stereocenters. The van der Waals surface area contributed by atoms with E-state index in [9.17, 15) is 10.1 Å². The Hall–Kier alpha value is -2.77. The van der Waals surface area contributed by atoms with Crippen LogP contribution in [0.1, 0.15) is 5.56 Å². The molecule has 0 unspecified atom stereocenters. The number of rotatable bonds is 5. The average molecular weight is 260 g/mol. The molecule has 2 rings (SSSR count). The minimum Gasteiger partial charge on any atom is -0.368 e. The van der Waals surface area contributed by atoms with Gasteiger partial charge in [0, 0.05) is 18.9 Å². The molecular formula is C11H12N6O2. The molecule has 3 N–H and O–H groups in total. The number of pyridine rings is 1. The molecule has 98 valence electrons. The number of nitro groups is 1. The molecule has 0 amide bonds. The number of nitrogens with one attached hydrogen (secondary N) is 1. The standard InChI is InChI=1S/C11H12N6O2/c12-11-15-7-9(17(18)19)10(16-11)14-6-3-8-1-4-13-5-2-8/h1-2,4-5,7H,3,6H2,(H3,12,14,15,16). The molecule has 0 spiro atoms. The summed E-state index contributed by atoms with van der Waals surface area (Å²) in [5.41, 5.74) is 6.30. The monoisotopic (exact) mass is 260 g/mol. The molecular weight excluding hydrogens is 248 g/mol. The van der Waals surface area contributed by atoms with E-state index in [1.54, 1.807) is 12.4 Å². The molecule has 0 radical (unpaired) electrons. The minimum absolute atomic E-state index is 0.00277. The van der Waals surface area contributed by atoms with Crippen molar-refractivity contribution in [2.24, 2.45) is 0 Å². The molecule has 0 aromatic carbocycles. The SMILES string of the molecule is Nc1ncc([N+](=O)[O-])c(NCCc2ccncc2)n1. The van der Waals surface area contributed by atoms with Gasteiger partial charge in [-0.05, 0) is 24.1 Å². The predicted molar refractivity (Wildman–Crippen MR) is 69.5 cm³/mol. The van der Waals surface area contributed by atoms with Crippen molar-refractivity contribution in [2.45, 2.75) is 6.42 Å². The quantitative estimate of drug-likeness (QED) is 0.608. The summed E-state index contributed by atoms with van der Waals surface area (Å²) in [4.78, 5) is 21.6. The zero-order valence-corrected chi connectivity index (χ0v) is 9.98. The normalized spacial score (nSPS) is 10.1. The first-order valence-corrected chi connectivity index (χ1v) is 5.56. The van der Waals surface area contributed by atoms with Gasteiger partial charge in [-0.15, -0.1) is 0 Å². The van der Waals surface area contributed by atoms with Gasteiger partial charge in [-0.25, -0.2) is 4.98 Å². The third-order valence-corrected chi connectivity index (χ3v) is 2.44. The fourth-order valence-electron chi connectivity index (χ4n) is 1.53. The summed E-state index contributed by atoms with van der Waals surface area (Å²) in [7, 11) is 0. The van der Waals surface area contributed by atoms with Crippen molar-refractivity contribution in [1.82, 2.24) is 15.0 Å². The summed E-state index contributed by atoms with van der Waals surface area (Å²) < 4.78 is 0. The van der Waals surface area contributed by atoms with E-state index < -0.39 is 4.92 Å². The molecule has 0 aliphatic carbocycles. The number of nitrogens with two attached hydrogens (primary N) is 1.